The van der Waals surface area contributed by atoms with Gasteiger partial charge < -0.3 is 15.0 Å². The van der Waals surface area contributed by atoms with Crippen LogP contribution in [-0.4, -0.2) is 52.1 Å². The highest BCUT2D eigenvalue weighted by Crippen LogP contribution is 2.36. The molecule has 25 heavy (non-hydrogen) atoms. The highest BCUT2D eigenvalue weighted by atomic mass is 19.1. The number of anilines is 1. The van der Waals surface area contributed by atoms with E-state index in [2.05, 4.69) is 15.3 Å². The molecule has 2 aromatic heterocycles. The summed E-state index contributed by atoms with van der Waals surface area (Å²) < 4.78 is 19.8. The lowest BCUT2D eigenvalue weighted by Gasteiger charge is -2.23. The van der Waals surface area contributed by atoms with E-state index in [4.69, 9.17) is 4.74 Å². The van der Waals surface area contributed by atoms with Crippen LogP contribution in [0.1, 0.15) is 23.2 Å². The number of carbonyl (C=O) groups is 1. The molecule has 2 aromatic rings. The number of nitrogens with zero attached hydrogens (tertiary/aromatic N) is 3. The first-order valence-corrected chi connectivity index (χ1v) is 8.36. The summed E-state index contributed by atoms with van der Waals surface area (Å²) in [5, 5.41) is 3.11. The van der Waals surface area contributed by atoms with Crippen LogP contribution >= 0.6 is 0 Å². The summed E-state index contributed by atoms with van der Waals surface area (Å²) in [6.45, 7) is 1.67. The first kappa shape index (κ1) is 16.0. The number of pyridine rings is 2. The van der Waals surface area contributed by atoms with E-state index in [9.17, 15) is 9.18 Å². The van der Waals surface area contributed by atoms with Crippen LogP contribution in [0.5, 0.6) is 0 Å². The van der Waals surface area contributed by atoms with Crippen molar-refractivity contribution in [3.05, 3.63) is 54.2 Å². The van der Waals surface area contributed by atoms with E-state index in [0.29, 0.717) is 25.3 Å². The van der Waals surface area contributed by atoms with E-state index in [1.807, 2.05) is 0 Å². The molecule has 0 bridgehead atoms. The van der Waals surface area contributed by atoms with Crippen molar-refractivity contribution in [3.8, 4) is 0 Å². The summed E-state index contributed by atoms with van der Waals surface area (Å²) in [4.78, 5) is 22.4. The van der Waals surface area contributed by atoms with Gasteiger partial charge in [0.1, 0.15) is 0 Å². The molecule has 0 saturated carbocycles. The molecule has 2 aliphatic heterocycles. The van der Waals surface area contributed by atoms with Gasteiger partial charge in [-0.05, 0) is 30.7 Å². The molecule has 4 rings (SSSR count). The van der Waals surface area contributed by atoms with Crippen molar-refractivity contribution in [2.45, 2.75) is 24.5 Å². The van der Waals surface area contributed by atoms with Crippen LogP contribution in [-0.2, 0) is 4.74 Å². The van der Waals surface area contributed by atoms with Gasteiger partial charge >= 0.3 is 0 Å². The Bertz CT molecular complexity index is 773. The number of carbonyl (C=O) groups excluding carboxylic acids is 1. The topological polar surface area (TPSA) is 67.4 Å². The molecule has 4 heterocycles. The van der Waals surface area contributed by atoms with Crippen molar-refractivity contribution in [2.75, 3.05) is 25.0 Å². The minimum atomic E-state index is -0.372. The van der Waals surface area contributed by atoms with Crippen LogP contribution in [0.2, 0.25) is 0 Å². The van der Waals surface area contributed by atoms with Gasteiger partial charge in [0.05, 0.1) is 30.4 Å². The molecule has 2 atom stereocenters. The van der Waals surface area contributed by atoms with Gasteiger partial charge in [-0.1, -0.05) is 0 Å². The highest BCUT2D eigenvalue weighted by Gasteiger charge is 2.47. The number of amides is 1. The third kappa shape index (κ3) is 3.19. The average Bonchev–Trinajstić information content (AvgIpc) is 3.24. The number of hydrogen-bond donors (Lipinski definition) is 1. The molecule has 1 spiro atoms. The van der Waals surface area contributed by atoms with Crippen LogP contribution in [0, 0.1) is 5.82 Å². The Morgan fingerprint density at radius 2 is 2.24 bits per heavy atom. The van der Waals surface area contributed by atoms with E-state index in [1.54, 1.807) is 41.7 Å². The van der Waals surface area contributed by atoms with E-state index < -0.39 is 0 Å². The number of aromatic nitrogens is 2. The van der Waals surface area contributed by atoms with Gasteiger partial charge in [-0.3, -0.25) is 9.78 Å². The Morgan fingerprint density at radius 3 is 3.04 bits per heavy atom. The molecular weight excluding hydrogens is 323 g/mol. The number of halogens is 1. The molecule has 0 unspecified atom stereocenters. The number of ether oxygens (including phenoxy) is 1. The van der Waals surface area contributed by atoms with Gasteiger partial charge in [-0.2, -0.15) is 0 Å². The van der Waals surface area contributed by atoms with Gasteiger partial charge in [-0.25, -0.2) is 9.37 Å². The summed E-state index contributed by atoms with van der Waals surface area (Å²) in [5.74, 6) is -0.154. The molecule has 0 aliphatic carbocycles. The fourth-order valence-corrected chi connectivity index (χ4v) is 3.60. The molecule has 0 aromatic carbocycles. The summed E-state index contributed by atoms with van der Waals surface area (Å²) in [6.07, 6.45) is 6.29. The smallest absolute Gasteiger partial charge is 0.255 e. The molecule has 1 N–H and O–H groups in total. The zero-order valence-electron chi connectivity index (χ0n) is 13.7. The maximum atomic E-state index is 13.7. The quantitative estimate of drug-likeness (QED) is 0.925. The standard InChI is InChI=1S/C18H19FN4O2/c19-15-4-2-7-21-16(15)22-14-9-18(25-11-14)5-8-23(12-18)17(24)13-3-1-6-20-10-13/h1-4,6-7,10,14H,5,8-9,11-12H2,(H,21,22)/t14-,18+/m0/s1. The molecule has 0 radical (unpaired) electrons. The van der Waals surface area contributed by atoms with Gasteiger partial charge in [0.2, 0.25) is 0 Å². The molecule has 6 nitrogen and oxygen atoms in total. The lowest BCUT2D eigenvalue weighted by molar-refractivity contribution is 0.0125. The summed E-state index contributed by atoms with van der Waals surface area (Å²) in [6, 6.07) is 6.45. The van der Waals surface area contributed by atoms with Crippen LogP contribution in [0.15, 0.2) is 42.9 Å². The lowest BCUT2D eigenvalue weighted by Crippen LogP contribution is -2.36. The van der Waals surface area contributed by atoms with E-state index in [0.717, 1.165) is 12.8 Å². The molecule has 2 aliphatic rings. The van der Waals surface area contributed by atoms with Crippen LogP contribution in [0.3, 0.4) is 0 Å². The molecule has 2 fully saturated rings. The van der Waals surface area contributed by atoms with Gasteiger partial charge in [0, 0.05) is 31.6 Å². The third-order valence-corrected chi connectivity index (χ3v) is 4.82. The Kier molecular flexibility index (Phi) is 4.09. The van der Waals surface area contributed by atoms with Gasteiger partial charge in [-0.15, -0.1) is 0 Å². The van der Waals surface area contributed by atoms with Crippen molar-refractivity contribution in [2.24, 2.45) is 0 Å². The van der Waals surface area contributed by atoms with E-state index in [-0.39, 0.29) is 29.2 Å². The summed E-state index contributed by atoms with van der Waals surface area (Å²) in [7, 11) is 0. The fraction of sp³-hybridized carbons (Fsp3) is 0.389. The first-order valence-electron chi connectivity index (χ1n) is 8.36. The molecule has 130 valence electrons. The van der Waals surface area contributed by atoms with Gasteiger partial charge in [0.15, 0.2) is 11.6 Å². The second-order valence-electron chi connectivity index (χ2n) is 6.59. The Labute approximate surface area is 145 Å². The zero-order valence-corrected chi connectivity index (χ0v) is 13.7. The van der Waals surface area contributed by atoms with Crippen molar-refractivity contribution in [1.29, 1.82) is 0 Å². The average molecular weight is 342 g/mol. The minimum Gasteiger partial charge on any atom is -0.371 e. The second kappa shape index (κ2) is 6.40. The van der Waals surface area contributed by atoms with E-state index in [1.165, 1.54) is 6.07 Å². The predicted octanol–water partition coefficient (Wildman–Crippen LogP) is 2.10. The minimum absolute atomic E-state index is 0.0159. The van der Waals surface area contributed by atoms with Crippen LogP contribution < -0.4 is 5.32 Å². The van der Waals surface area contributed by atoms with Gasteiger partial charge in [0.25, 0.3) is 5.91 Å². The van der Waals surface area contributed by atoms with Crippen molar-refractivity contribution in [3.63, 3.8) is 0 Å². The monoisotopic (exact) mass is 342 g/mol. The zero-order chi connectivity index (χ0) is 17.3. The first-order chi connectivity index (χ1) is 12.2. The van der Waals surface area contributed by atoms with Crippen molar-refractivity contribution >= 4 is 11.7 Å². The highest BCUT2D eigenvalue weighted by molar-refractivity contribution is 5.94. The lowest BCUT2D eigenvalue weighted by atomic mass is 9.97. The summed E-state index contributed by atoms with van der Waals surface area (Å²) >= 11 is 0. The molecule has 2 saturated heterocycles. The number of nitrogens with one attached hydrogen (secondary N) is 1. The Balaban J connectivity index is 1.40. The number of hydrogen-bond acceptors (Lipinski definition) is 5. The van der Waals surface area contributed by atoms with Crippen molar-refractivity contribution in [1.82, 2.24) is 14.9 Å². The van der Waals surface area contributed by atoms with Crippen molar-refractivity contribution < 1.29 is 13.9 Å². The third-order valence-electron chi connectivity index (χ3n) is 4.82. The number of rotatable bonds is 3. The number of likely N-dealkylation sites (tertiary alicyclic amines) is 1. The predicted molar refractivity (Wildman–Crippen MR) is 89.7 cm³/mol. The largest absolute Gasteiger partial charge is 0.371 e. The summed E-state index contributed by atoms with van der Waals surface area (Å²) in [5.41, 5.74) is 0.226. The van der Waals surface area contributed by atoms with Crippen LogP contribution in [0.25, 0.3) is 0 Å². The molecular formula is C18H19FN4O2. The Hall–Kier alpha value is -2.54. The Morgan fingerprint density at radius 1 is 1.36 bits per heavy atom. The van der Waals surface area contributed by atoms with Crippen LogP contribution in [0.4, 0.5) is 10.2 Å². The SMILES string of the molecule is O=C(c1cccnc1)N1CC[C@@]2(C[C@H](Nc3ncccc3F)CO2)C1. The molecule has 7 heteroatoms. The second-order valence-corrected chi connectivity index (χ2v) is 6.59. The normalized spacial score (nSPS) is 25.5. The molecule has 1 amide bonds. The maximum Gasteiger partial charge on any atom is 0.255 e. The maximum absolute atomic E-state index is 13.7. The fourth-order valence-electron chi connectivity index (χ4n) is 3.60. The van der Waals surface area contributed by atoms with E-state index >= 15 is 0 Å².